The number of nitrogens with one attached hydrogen (secondary N) is 1. The van der Waals surface area contributed by atoms with Crippen molar-refractivity contribution in [3.8, 4) is 11.1 Å². The van der Waals surface area contributed by atoms with Crippen LogP contribution in [0.2, 0.25) is 5.02 Å². The Morgan fingerprint density at radius 2 is 1.97 bits per heavy atom. The lowest BCUT2D eigenvalue weighted by molar-refractivity contribution is 0.412. The second-order valence-electron chi connectivity index (χ2n) is 8.31. The number of rotatable bonds is 2. The number of nitrogens with zero attached hydrogens (tertiary/aromatic N) is 5. The Balaban J connectivity index is 1.42. The molecule has 0 spiro atoms. The van der Waals surface area contributed by atoms with Gasteiger partial charge in [-0.3, -0.25) is 4.68 Å². The zero-order valence-electron chi connectivity index (χ0n) is 16.1. The smallest absolute Gasteiger partial charge is 0.159 e. The zero-order valence-corrected chi connectivity index (χ0v) is 16.9. The molecule has 2 bridgehead atoms. The molecule has 0 aliphatic carbocycles. The molecular formula is C21H22ClN7. The molecule has 2 fully saturated rings. The van der Waals surface area contributed by atoms with Gasteiger partial charge in [-0.2, -0.15) is 5.10 Å². The number of halogens is 1. The molecule has 4 aromatic rings. The fourth-order valence-electron chi connectivity index (χ4n) is 5.20. The van der Waals surface area contributed by atoms with Crippen LogP contribution in [0.25, 0.3) is 33.2 Å². The molecule has 3 atom stereocenters. The van der Waals surface area contributed by atoms with Gasteiger partial charge in [0.2, 0.25) is 0 Å². The first-order chi connectivity index (χ1) is 14.1. The molecule has 0 radical (unpaired) electrons. The molecular weight excluding hydrogens is 386 g/mol. The largest absolute Gasteiger partial charge is 0.349 e. The maximum absolute atomic E-state index is 6.72. The van der Waals surface area contributed by atoms with Crippen molar-refractivity contribution in [1.82, 2.24) is 24.7 Å². The van der Waals surface area contributed by atoms with Crippen LogP contribution in [0.15, 0.2) is 30.7 Å². The number of aromatic amines is 1. The third kappa shape index (κ3) is 2.57. The number of fused-ring (bicyclic) bond motifs is 4. The van der Waals surface area contributed by atoms with E-state index < -0.39 is 0 Å². The number of benzene rings is 1. The van der Waals surface area contributed by atoms with E-state index >= 15 is 0 Å². The van der Waals surface area contributed by atoms with E-state index in [1.165, 1.54) is 12.8 Å². The van der Waals surface area contributed by atoms with E-state index in [4.69, 9.17) is 27.3 Å². The van der Waals surface area contributed by atoms with E-state index in [9.17, 15) is 0 Å². The molecule has 2 saturated heterocycles. The van der Waals surface area contributed by atoms with Gasteiger partial charge < -0.3 is 15.6 Å². The first-order valence-corrected chi connectivity index (χ1v) is 10.5. The summed E-state index contributed by atoms with van der Waals surface area (Å²) in [7, 11) is 1.90. The Morgan fingerprint density at radius 1 is 1.17 bits per heavy atom. The minimum atomic E-state index is 0.307. The van der Waals surface area contributed by atoms with Gasteiger partial charge in [-0.05, 0) is 31.7 Å². The topological polar surface area (TPSA) is 88.7 Å². The van der Waals surface area contributed by atoms with Gasteiger partial charge in [0, 0.05) is 54.1 Å². The Morgan fingerprint density at radius 3 is 2.76 bits per heavy atom. The highest BCUT2D eigenvalue weighted by Gasteiger charge is 2.40. The quantitative estimate of drug-likeness (QED) is 0.529. The summed E-state index contributed by atoms with van der Waals surface area (Å²) in [6.45, 7) is 0. The van der Waals surface area contributed by atoms with Gasteiger partial charge >= 0.3 is 0 Å². The number of hydrogen-bond acceptors (Lipinski definition) is 5. The third-order valence-corrected chi connectivity index (χ3v) is 6.84. The lowest BCUT2D eigenvalue weighted by atomic mass is 9.98. The maximum atomic E-state index is 6.72. The van der Waals surface area contributed by atoms with Crippen molar-refractivity contribution < 1.29 is 0 Å². The number of H-pyrrole nitrogens is 1. The minimum absolute atomic E-state index is 0.307. The molecule has 8 heteroatoms. The second kappa shape index (κ2) is 6.18. The highest BCUT2D eigenvalue weighted by molar-refractivity contribution is 6.38. The van der Waals surface area contributed by atoms with Gasteiger partial charge in [-0.15, -0.1) is 0 Å². The first kappa shape index (κ1) is 17.2. The van der Waals surface area contributed by atoms with Crippen LogP contribution in [0.3, 0.4) is 0 Å². The van der Waals surface area contributed by atoms with Crippen molar-refractivity contribution in [2.75, 3.05) is 4.90 Å². The third-order valence-electron chi connectivity index (χ3n) is 6.43. The zero-order chi connectivity index (χ0) is 19.7. The highest BCUT2D eigenvalue weighted by Crippen LogP contribution is 2.40. The van der Waals surface area contributed by atoms with Crippen molar-refractivity contribution in [3.63, 3.8) is 0 Å². The maximum Gasteiger partial charge on any atom is 0.159 e. The molecule has 148 valence electrons. The summed E-state index contributed by atoms with van der Waals surface area (Å²) in [4.78, 5) is 15.4. The van der Waals surface area contributed by atoms with Gasteiger partial charge in [-0.25, -0.2) is 9.97 Å². The molecule has 5 heterocycles. The molecule has 2 aliphatic rings. The van der Waals surface area contributed by atoms with Crippen molar-refractivity contribution in [1.29, 1.82) is 0 Å². The Labute approximate surface area is 172 Å². The van der Waals surface area contributed by atoms with Crippen molar-refractivity contribution in [2.45, 2.75) is 43.8 Å². The predicted octanol–water partition coefficient (Wildman–Crippen LogP) is 3.62. The monoisotopic (exact) mass is 407 g/mol. The van der Waals surface area contributed by atoms with Crippen LogP contribution in [-0.2, 0) is 7.05 Å². The van der Waals surface area contributed by atoms with Crippen LogP contribution in [0.5, 0.6) is 0 Å². The molecule has 29 heavy (non-hydrogen) atoms. The molecule has 7 nitrogen and oxygen atoms in total. The van der Waals surface area contributed by atoms with Crippen LogP contribution in [0.1, 0.15) is 25.7 Å². The van der Waals surface area contributed by atoms with E-state index in [1.807, 2.05) is 37.8 Å². The van der Waals surface area contributed by atoms with Gasteiger partial charge in [0.15, 0.2) is 5.65 Å². The van der Waals surface area contributed by atoms with Crippen LogP contribution in [0, 0.1) is 0 Å². The second-order valence-corrected chi connectivity index (χ2v) is 8.69. The summed E-state index contributed by atoms with van der Waals surface area (Å²) in [6, 6.07) is 5.26. The average molecular weight is 408 g/mol. The predicted molar refractivity (Wildman–Crippen MR) is 115 cm³/mol. The molecule has 2 aliphatic heterocycles. The van der Waals surface area contributed by atoms with E-state index in [-0.39, 0.29) is 0 Å². The normalized spacial score (nSPS) is 24.1. The number of anilines is 1. The number of aromatic nitrogens is 5. The summed E-state index contributed by atoms with van der Waals surface area (Å²) < 4.78 is 1.78. The van der Waals surface area contributed by atoms with Crippen molar-refractivity contribution in [2.24, 2.45) is 12.8 Å². The summed E-state index contributed by atoms with van der Waals surface area (Å²) in [5.41, 5.74) is 10.6. The fourth-order valence-corrected chi connectivity index (χ4v) is 5.51. The van der Waals surface area contributed by atoms with Crippen LogP contribution >= 0.6 is 11.6 Å². The van der Waals surface area contributed by atoms with E-state index in [1.54, 1.807) is 4.68 Å². The lowest BCUT2D eigenvalue weighted by Crippen LogP contribution is -2.47. The van der Waals surface area contributed by atoms with E-state index in [2.05, 4.69) is 15.0 Å². The average Bonchev–Trinajstić information content (AvgIpc) is 3.36. The minimum Gasteiger partial charge on any atom is -0.349 e. The van der Waals surface area contributed by atoms with Gasteiger partial charge in [-0.1, -0.05) is 17.7 Å². The van der Waals surface area contributed by atoms with E-state index in [0.717, 1.165) is 51.9 Å². The van der Waals surface area contributed by atoms with Crippen molar-refractivity contribution >= 4 is 39.5 Å². The SMILES string of the molecule is Cn1cc2c(Cl)c(-c3c[nH]c4nc(N5[C@@H]6CC[C@H]5CC(N)C6)cnc34)ccc2n1. The van der Waals surface area contributed by atoms with Crippen molar-refractivity contribution in [3.05, 3.63) is 35.7 Å². The number of aryl methyl sites for hydroxylation is 1. The van der Waals surface area contributed by atoms with Crippen LogP contribution in [-0.4, -0.2) is 42.9 Å². The highest BCUT2D eigenvalue weighted by atomic mass is 35.5. The fraction of sp³-hybridized carbons (Fsp3) is 0.381. The van der Waals surface area contributed by atoms with E-state index in [0.29, 0.717) is 23.1 Å². The molecule has 1 unspecified atom stereocenters. The van der Waals surface area contributed by atoms with Gasteiger partial charge in [0.25, 0.3) is 0 Å². The molecule has 1 aromatic carbocycles. The van der Waals surface area contributed by atoms with Crippen LogP contribution in [0.4, 0.5) is 5.82 Å². The number of hydrogen-bond donors (Lipinski definition) is 2. The standard InChI is InChI=1S/C21H22ClN7/c1-28-10-16-17(27-28)5-4-14(19(16)22)15-8-25-21-20(15)24-9-18(26-21)29-12-2-3-13(29)7-11(23)6-12/h4-5,8-13H,2-3,6-7,23H2,1H3,(H,25,26)/t11?,12-,13+. The Kier molecular flexibility index (Phi) is 3.67. The summed E-state index contributed by atoms with van der Waals surface area (Å²) >= 11 is 6.72. The molecule has 3 aromatic heterocycles. The van der Waals surface area contributed by atoms with Gasteiger partial charge in [0.05, 0.1) is 16.7 Å². The van der Waals surface area contributed by atoms with Crippen LogP contribution < -0.4 is 10.6 Å². The summed E-state index contributed by atoms with van der Waals surface area (Å²) in [5, 5.41) is 6.05. The van der Waals surface area contributed by atoms with Gasteiger partial charge in [0.1, 0.15) is 11.3 Å². The molecule has 0 amide bonds. The number of nitrogens with two attached hydrogens (primary N) is 1. The molecule has 3 N–H and O–H groups in total. The Hall–Kier alpha value is -2.64. The summed E-state index contributed by atoms with van der Waals surface area (Å²) in [6.07, 6.45) is 10.2. The molecule has 0 saturated carbocycles. The molecule has 6 rings (SSSR count). The Bertz CT molecular complexity index is 1230. The summed E-state index contributed by atoms with van der Waals surface area (Å²) in [5.74, 6) is 0.944. The first-order valence-electron chi connectivity index (χ1n) is 10.1. The lowest BCUT2D eigenvalue weighted by Gasteiger charge is -2.38. The number of piperidine rings is 1.